The minimum Gasteiger partial charge on any atom is -0.508 e. The zero-order valence-corrected chi connectivity index (χ0v) is 47.6. The summed E-state index contributed by atoms with van der Waals surface area (Å²) in [5.41, 5.74) is 4.14. The summed E-state index contributed by atoms with van der Waals surface area (Å²) < 4.78 is 38.6. The number of likely N-dealkylation sites (tertiary alicyclic amines) is 2. The standard InChI is InChI=1S/C62H74F2N10O6S/c1-6-46-49(63)22-19-40-28-43(75)29-47(52(40)46)54-53(64)55-48(32-65-54)58(73-33-41-20-21-42(34-73)68-41)71-61(70-55)80-45-23-26-72(27-24-45)25-13-11-9-7-8-10-12-14-51(77)69-57(62(3,4)5)60(79)74-35-44(76)30-50(74)59(78)66-31-38-15-17-39(18-16-38)56-37(2)67-36-81-56/h1,15-19,22,28-29,32,36,41-42,44-45,50,57,68,75-76H,7-14,20-21,23-27,30-31,33-35H2,2-5H3,(H,66,78)(H,69,77)/t41?,42?,44-,50?,57-/m1/s1. The Labute approximate surface area is 476 Å². The van der Waals surface area contributed by atoms with Gasteiger partial charge in [-0.1, -0.05) is 89.1 Å². The number of hydrogen-bond donors (Lipinski definition) is 5. The van der Waals surface area contributed by atoms with Gasteiger partial charge in [-0.3, -0.25) is 19.4 Å². The number of terminal acetylenes is 1. The molecule has 3 aromatic heterocycles. The van der Waals surface area contributed by atoms with Crippen LogP contribution in [0.1, 0.15) is 121 Å². The number of amides is 3. The number of nitrogens with zero attached hydrogens (tertiary/aromatic N) is 7. The van der Waals surface area contributed by atoms with Crippen LogP contribution in [0, 0.1) is 36.3 Å². The van der Waals surface area contributed by atoms with Gasteiger partial charge in [-0.05, 0) is 92.1 Å². The first kappa shape index (κ1) is 57.4. The highest BCUT2D eigenvalue weighted by Crippen LogP contribution is 2.40. The van der Waals surface area contributed by atoms with E-state index in [1.54, 1.807) is 17.5 Å². The number of phenols is 1. The van der Waals surface area contributed by atoms with Gasteiger partial charge < -0.3 is 45.6 Å². The van der Waals surface area contributed by atoms with Crippen LogP contribution in [-0.2, 0) is 20.9 Å². The number of β-amino-alcohol motifs (C(OH)–C–C–N with tert-alkyl or cyclic N) is 1. The van der Waals surface area contributed by atoms with Crippen molar-refractivity contribution in [1.29, 1.82) is 0 Å². The smallest absolute Gasteiger partial charge is 0.319 e. The first-order valence-corrected chi connectivity index (χ1v) is 29.6. The summed E-state index contributed by atoms with van der Waals surface area (Å²) in [4.78, 5) is 66.6. The second-order valence-electron chi connectivity index (χ2n) is 23.5. The van der Waals surface area contributed by atoms with Crippen molar-refractivity contribution in [2.24, 2.45) is 5.41 Å². The molecule has 6 aromatic rings. The van der Waals surface area contributed by atoms with E-state index in [4.69, 9.17) is 16.1 Å². The normalized spacial score (nSPS) is 20.0. The third-order valence-electron chi connectivity index (χ3n) is 16.5. The number of halogens is 2. The largest absolute Gasteiger partial charge is 0.508 e. The Kier molecular flexibility index (Phi) is 17.8. The molecular weight excluding hydrogens is 1050 g/mol. The van der Waals surface area contributed by atoms with Crippen molar-refractivity contribution in [2.45, 2.75) is 154 Å². The molecule has 0 radical (unpaired) electrons. The summed E-state index contributed by atoms with van der Waals surface area (Å²) in [6.45, 7) is 12.0. The molecule has 7 heterocycles. The molecule has 4 fully saturated rings. The number of phenolic OH excluding ortho intramolecular Hbond substituents is 1. The van der Waals surface area contributed by atoms with Crippen LogP contribution in [0.2, 0.25) is 0 Å². The lowest BCUT2D eigenvalue weighted by Gasteiger charge is -2.35. The van der Waals surface area contributed by atoms with Crippen molar-refractivity contribution >= 4 is 56.6 Å². The van der Waals surface area contributed by atoms with Crippen LogP contribution in [-0.4, -0.2) is 133 Å². The van der Waals surface area contributed by atoms with Gasteiger partial charge in [0.2, 0.25) is 17.7 Å². The Bertz CT molecular complexity index is 3290. The van der Waals surface area contributed by atoms with Crippen LogP contribution in [0.4, 0.5) is 14.6 Å². The molecule has 3 unspecified atom stereocenters. The fourth-order valence-corrected chi connectivity index (χ4v) is 13.0. The Morgan fingerprint density at radius 1 is 0.926 bits per heavy atom. The Balaban J connectivity index is 0.661. The molecule has 4 saturated heterocycles. The maximum absolute atomic E-state index is 17.1. The molecule has 3 amide bonds. The van der Waals surface area contributed by atoms with Gasteiger partial charge in [0.05, 0.1) is 33.1 Å². The van der Waals surface area contributed by atoms with E-state index >= 15 is 8.78 Å². The van der Waals surface area contributed by atoms with Crippen molar-refractivity contribution in [3.8, 4) is 45.8 Å². The predicted octanol–water partition coefficient (Wildman–Crippen LogP) is 8.96. The number of carbonyl (C=O) groups is 3. The minimum atomic E-state index is -0.866. The first-order valence-electron chi connectivity index (χ1n) is 28.7. The molecule has 4 aliphatic rings. The zero-order chi connectivity index (χ0) is 57.0. The van der Waals surface area contributed by atoms with E-state index < -0.39 is 35.2 Å². The Morgan fingerprint density at radius 2 is 1.64 bits per heavy atom. The fraction of sp³-hybridized carbons (Fsp3) is 0.500. The lowest BCUT2D eigenvalue weighted by molar-refractivity contribution is -0.144. The second kappa shape index (κ2) is 25.1. The average Bonchev–Trinajstić information content (AvgIpc) is 4.22. The molecule has 19 heteroatoms. The molecule has 4 aliphatic heterocycles. The summed E-state index contributed by atoms with van der Waals surface area (Å²) in [5.74, 6) is 0.528. The second-order valence-corrected chi connectivity index (χ2v) is 24.4. The molecule has 0 spiro atoms. The monoisotopic (exact) mass is 1120 g/mol. The predicted molar refractivity (Wildman–Crippen MR) is 311 cm³/mol. The quantitative estimate of drug-likeness (QED) is 0.0359. The molecule has 0 saturated carbocycles. The molecule has 428 valence electrons. The molecule has 5 atom stereocenters. The molecule has 5 N–H and O–H groups in total. The highest BCUT2D eigenvalue weighted by atomic mass is 32.1. The topological polar surface area (TPSA) is 198 Å². The van der Waals surface area contributed by atoms with Gasteiger partial charge in [-0.15, -0.1) is 17.8 Å². The van der Waals surface area contributed by atoms with Crippen LogP contribution in [0.5, 0.6) is 11.8 Å². The average molecular weight is 1130 g/mol. The number of aliphatic hydroxyl groups is 1. The van der Waals surface area contributed by atoms with Gasteiger partial charge >= 0.3 is 6.01 Å². The maximum Gasteiger partial charge on any atom is 0.319 e. The number of thiazole rings is 1. The Hall–Kier alpha value is -6.85. The number of benzene rings is 3. The van der Waals surface area contributed by atoms with E-state index in [0.717, 1.165) is 106 Å². The third kappa shape index (κ3) is 13.3. The van der Waals surface area contributed by atoms with Crippen LogP contribution in [0.3, 0.4) is 0 Å². The van der Waals surface area contributed by atoms with Crippen molar-refractivity contribution in [3.05, 3.63) is 88.7 Å². The van der Waals surface area contributed by atoms with Gasteiger partial charge in [0, 0.05) is 81.3 Å². The number of piperazine rings is 1. The van der Waals surface area contributed by atoms with Gasteiger partial charge in [-0.25, -0.2) is 13.8 Å². The maximum atomic E-state index is 17.1. The van der Waals surface area contributed by atoms with E-state index in [-0.39, 0.29) is 94.9 Å². The van der Waals surface area contributed by atoms with E-state index in [1.807, 2.05) is 57.5 Å². The number of aryl methyl sites for hydroxylation is 1. The number of carbonyl (C=O) groups excluding carboxylic acids is 3. The Morgan fingerprint density at radius 3 is 2.33 bits per heavy atom. The number of hydrogen-bond acceptors (Lipinski definition) is 14. The van der Waals surface area contributed by atoms with Crippen LogP contribution in [0.15, 0.2) is 60.2 Å². The molecule has 3 aromatic carbocycles. The molecule has 10 rings (SSSR count). The SMILES string of the molecule is C#Cc1c(F)ccc2cc(O)cc(-c3ncc4c(N5CC6CCC(C5)N6)nc(OC5CCN(CCCCCCCCCC(=O)N[C@H](C(=O)N6C[C@H](O)CC6C(=O)NCc6ccc(-c7scnc7C)cc6)C(C)(C)C)CC5)nc4c3F)c12. The molecule has 2 bridgehead atoms. The third-order valence-corrected chi connectivity index (χ3v) is 17.5. The molecule has 81 heavy (non-hydrogen) atoms. The number of aliphatic hydroxyl groups excluding tert-OH is 1. The van der Waals surface area contributed by atoms with E-state index in [2.05, 4.69) is 46.6 Å². The molecule has 0 aliphatic carbocycles. The van der Waals surface area contributed by atoms with Crippen molar-refractivity contribution in [2.75, 3.05) is 44.2 Å². The number of pyridine rings is 1. The summed E-state index contributed by atoms with van der Waals surface area (Å²) in [7, 11) is 0. The van der Waals surface area contributed by atoms with Crippen LogP contribution in [0.25, 0.3) is 43.4 Å². The number of anilines is 1. The number of fused-ring (bicyclic) bond motifs is 4. The van der Waals surface area contributed by atoms with Gasteiger partial charge in [0.1, 0.15) is 46.8 Å². The number of unbranched alkanes of at least 4 members (excludes halogenated alkanes) is 6. The molecule has 16 nitrogen and oxygen atoms in total. The lowest BCUT2D eigenvalue weighted by atomic mass is 9.85. The summed E-state index contributed by atoms with van der Waals surface area (Å²) in [6, 6.07) is 12.4. The first-order chi connectivity index (χ1) is 39.0. The van der Waals surface area contributed by atoms with Gasteiger partial charge in [0.25, 0.3) is 0 Å². The summed E-state index contributed by atoms with van der Waals surface area (Å²) in [5, 5.41) is 32.1. The zero-order valence-electron chi connectivity index (χ0n) is 46.8. The van der Waals surface area contributed by atoms with Crippen molar-refractivity contribution < 1.29 is 38.1 Å². The number of ether oxygens (including phenoxy) is 1. The molecular formula is C62H74F2N10O6S. The number of piperidine rings is 1. The summed E-state index contributed by atoms with van der Waals surface area (Å²) in [6.07, 6.45) is 17.3. The fourth-order valence-electron chi connectivity index (χ4n) is 12.1. The van der Waals surface area contributed by atoms with Crippen LogP contribution < -0.4 is 25.6 Å². The van der Waals surface area contributed by atoms with E-state index in [0.29, 0.717) is 42.5 Å². The van der Waals surface area contributed by atoms with E-state index in [9.17, 15) is 24.6 Å². The summed E-state index contributed by atoms with van der Waals surface area (Å²) >= 11 is 1.58. The highest BCUT2D eigenvalue weighted by Gasteiger charge is 2.44. The van der Waals surface area contributed by atoms with E-state index in [1.165, 1.54) is 29.2 Å². The minimum absolute atomic E-state index is 0.0217. The lowest BCUT2D eigenvalue weighted by Crippen LogP contribution is -2.57. The van der Waals surface area contributed by atoms with Gasteiger partial charge in [-0.2, -0.15) is 9.97 Å². The number of nitrogens with one attached hydrogen (secondary N) is 3. The van der Waals surface area contributed by atoms with Crippen molar-refractivity contribution in [3.63, 3.8) is 0 Å². The van der Waals surface area contributed by atoms with Gasteiger partial charge in [0.15, 0.2) is 5.82 Å². The van der Waals surface area contributed by atoms with Crippen LogP contribution >= 0.6 is 11.3 Å². The number of rotatable bonds is 20. The number of aromatic hydroxyl groups is 1. The number of aromatic nitrogens is 4. The van der Waals surface area contributed by atoms with Crippen molar-refractivity contribution in [1.82, 2.24) is 45.7 Å². The highest BCUT2D eigenvalue weighted by molar-refractivity contribution is 7.13.